The van der Waals surface area contributed by atoms with Gasteiger partial charge >= 0.3 is 0 Å². The molecule has 0 radical (unpaired) electrons. The SMILES string of the molecule is CC(C)(C)C#Cc1cnc2c(c1)[C@@]1(COC(N)=N1)c1cc(-c3cncnc3)cc(F)c1O2. The molecule has 7 nitrogen and oxygen atoms in total. The van der Waals surface area contributed by atoms with Gasteiger partial charge in [0.05, 0.1) is 5.56 Å². The number of hydrogen-bond donors (Lipinski definition) is 1. The lowest BCUT2D eigenvalue weighted by atomic mass is 9.81. The maximum Gasteiger partial charge on any atom is 0.283 e. The molecule has 1 aromatic carbocycles. The molecule has 0 saturated carbocycles. The molecule has 1 spiro atoms. The van der Waals surface area contributed by atoms with E-state index in [2.05, 4.69) is 31.8 Å². The third-order valence-corrected chi connectivity index (χ3v) is 5.19. The fourth-order valence-electron chi connectivity index (χ4n) is 3.73. The summed E-state index contributed by atoms with van der Waals surface area (Å²) in [5.74, 6) is 6.08. The van der Waals surface area contributed by atoms with Crippen LogP contribution in [0.5, 0.6) is 11.6 Å². The third-order valence-electron chi connectivity index (χ3n) is 5.19. The highest BCUT2D eigenvalue weighted by atomic mass is 19.1. The van der Waals surface area contributed by atoms with Gasteiger partial charge in [-0.15, -0.1) is 0 Å². The van der Waals surface area contributed by atoms with Crippen molar-refractivity contribution in [3.8, 4) is 34.6 Å². The summed E-state index contributed by atoms with van der Waals surface area (Å²) in [6, 6.07) is 5.05. The molecule has 0 fully saturated rings. The van der Waals surface area contributed by atoms with Crippen LogP contribution >= 0.6 is 0 Å². The highest BCUT2D eigenvalue weighted by Gasteiger charge is 2.48. The van der Waals surface area contributed by atoms with Crippen LogP contribution in [0, 0.1) is 23.1 Å². The van der Waals surface area contributed by atoms with Crippen molar-refractivity contribution in [1.82, 2.24) is 15.0 Å². The van der Waals surface area contributed by atoms with Gasteiger partial charge in [0.25, 0.3) is 6.02 Å². The molecule has 0 bridgehead atoms. The molecule has 1 atom stereocenters. The lowest BCUT2D eigenvalue weighted by molar-refractivity contribution is 0.259. The second-order valence-electron chi connectivity index (χ2n) is 8.74. The number of nitrogens with two attached hydrogens (primary N) is 1. The minimum Gasteiger partial charge on any atom is -0.462 e. The van der Waals surface area contributed by atoms with Crippen LogP contribution in [0.4, 0.5) is 4.39 Å². The molecule has 0 unspecified atom stereocenters. The van der Waals surface area contributed by atoms with Gasteiger partial charge in [0, 0.05) is 40.7 Å². The maximum absolute atomic E-state index is 15.2. The van der Waals surface area contributed by atoms with Crippen LogP contribution in [-0.2, 0) is 10.3 Å². The van der Waals surface area contributed by atoms with E-state index in [-0.39, 0.29) is 29.7 Å². The summed E-state index contributed by atoms with van der Waals surface area (Å²) in [6.07, 6.45) is 6.25. The Morgan fingerprint density at radius 3 is 2.53 bits per heavy atom. The van der Waals surface area contributed by atoms with Gasteiger partial charge in [0.2, 0.25) is 5.88 Å². The van der Waals surface area contributed by atoms with Crippen LogP contribution < -0.4 is 10.5 Å². The van der Waals surface area contributed by atoms with E-state index in [1.807, 2.05) is 26.8 Å². The molecule has 3 aromatic rings. The molecule has 0 amide bonds. The Bertz CT molecular complexity index is 1320. The van der Waals surface area contributed by atoms with Gasteiger partial charge in [-0.1, -0.05) is 11.8 Å². The first kappa shape index (κ1) is 19.9. The zero-order valence-corrected chi connectivity index (χ0v) is 17.8. The van der Waals surface area contributed by atoms with Crippen LogP contribution in [-0.4, -0.2) is 27.6 Å². The van der Waals surface area contributed by atoms with Crippen molar-refractivity contribution < 1.29 is 13.9 Å². The number of hydrogen-bond acceptors (Lipinski definition) is 7. The van der Waals surface area contributed by atoms with Crippen LogP contribution in [0.25, 0.3) is 11.1 Å². The molecule has 2 aliphatic heterocycles. The number of nitrogens with zero attached hydrogens (tertiary/aromatic N) is 4. The minimum absolute atomic E-state index is 0.0174. The van der Waals surface area contributed by atoms with E-state index in [0.717, 1.165) is 0 Å². The first-order valence-electron chi connectivity index (χ1n) is 10.0. The zero-order chi connectivity index (χ0) is 22.5. The van der Waals surface area contributed by atoms with E-state index < -0.39 is 11.4 Å². The maximum atomic E-state index is 15.2. The third kappa shape index (κ3) is 3.32. The Morgan fingerprint density at radius 1 is 1.06 bits per heavy atom. The Hall–Kier alpha value is -3.99. The number of aromatic nitrogens is 3. The first-order valence-corrected chi connectivity index (χ1v) is 10.0. The second-order valence-corrected chi connectivity index (χ2v) is 8.74. The quantitative estimate of drug-likeness (QED) is 0.592. The fraction of sp³-hybridized carbons (Fsp3) is 0.250. The van der Waals surface area contributed by atoms with Crippen molar-refractivity contribution in [3.05, 3.63) is 65.6 Å². The standard InChI is InChI=1S/C24H20FN5O2/c1-23(2,3)5-4-14-6-18-21(29-9-14)32-20-17(24(18)12-31-22(26)30-24)7-15(8-19(20)25)16-10-27-13-28-11-16/h6-11,13H,12H2,1-3H3,(H2,26,30)/t24-/m1/s1. The number of rotatable bonds is 1. The summed E-state index contributed by atoms with van der Waals surface area (Å²) in [4.78, 5) is 17.1. The average Bonchev–Trinajstić information content (AvgIpc) is 3.15. The number of fused-ring (bicyclic) bond motifs is 4. The van der Waals surface area contributed by atoms with Crippen molar-refractivity contribution in [1.29, 1.82) is 0 Å². The molecule has 0 aliphatic carbocycles. The predicted molar refractivity (Wildman–Crippen MR) is 116 cm³/mol. The molecule has 2 N–H and O–H groups in total. The van der Waals surface area contributed by atoms with E-state index >= 15 is 4.39 Å². The largest absolute Gasteiger partial charge is 0.462 e. The molecule has 32 heavy (non-hydrogen) atoms. The van der Waals surface area contributed by atoms with E-state index in [0.29, 0.717) is 27.8 Å². The highest BCUT2D eigenvalue weighted by molar-refractivity contribution is 5.77. The first-order chi connectivity index (χ1) is 15.2. The van der Waals surface area contributed by atoms with Crippen molar-refractivity contribution >= 4 is 6.02 Å². The van der Waals surface area contributed by atoms with Crippen molar-refractivity contribution in [3.63, 3.8) is 0 Å². The average molecular weight is 429 g/mol. The molecule has 4 heterocycles. The molecule has 8 heteroatoms. The summed E-state index contributed by atoms with van der Waals surface area (Å²) in [7, 11) is 0. The van der Waals surface area contributed by atoms with Crippen molar-refractivity contribution in [2.75, 3.05) is 6.61 Å². The van der Waals surface area contributed by atoms with Gasteiger partial charge in [-0.05, 0) is 44.5 Å². The molecule has 0 saturated heterocycles. The fourth-order valence-corrected chi connectivity index (χ4v) is 3.73. The second kappa shape index (κ2) is 7.02. The van der Waals surface area contributed by atoms with Gasteiger partial charge in [-0.2, -0.15) is 0 Å². The van der Waals surface area contributed by atoms with Gasteiger partial charge in [-0.25, -0.2) is 24.3 Å². The summed E-state index contributed by atoms with van der Waals surface area (Å²) >= 11 is 0. The number of ether oxygens (including phenoxy) is 2. The Kier molecular flexibility index (Phi) is 4.38. The molecule has 5 rings (SSSR count). The predicted octanol–water partition coefficient (Wildman–Crippen LogP) is 3.77. The van der Waals surface area contributed by atoms with E-state index in [1.54, 1.807) is 24.7 Å². The van der Waals surface area contributed by atoms with Gasteiger partial charge in [0.1, 0.15) is 12.9 Å². The van der Waals surface area contributed by atoms with E-state index in [1.165, 1.54) is 12.4 Å². The Morgan fingerprint density at radius 2 is 1.84 bits per heavy atom. The topological polar surface area (TPSA) is 95.5 Å². The number of halogens is 1. The molecule has 2 aromatic heterocycles. The summed E-state index contributed by atoms with van der Waals surface area (Å²) in [5, 5.41) is 0. The summed E-state index contributed by atoms with van der Waals surface area (Å²) in [5.41, 5.74) is 7.69. The normalized spacial score (nSPS) is 18.6. The lowest BCUT2D eigenvalue weighted by Crippen LogP contribution is -2.32. The summed E-state index contributed by atoms with van der Waals surface area (Å²) < 4.78 is 26.7. The molecule has 160 valence electrons. The van der Waals surface area contributed by atoms with E-state index in [4.69, 9.17) is 15.2 Å². The van der Waals surface area contributed by atoms with E-state index in [9.17, 15) is 0 Å². The van der Waals surface area contributed by atoms with Crippen molar-refractivity contribution in [2.45, 2.75) is 26.3 Å². The number of benzene rings is 1. The smallest absolute Gasteiger partial charge is 0.283 e. The summed E-state index contributed by atoms with van der Waals surface area (Å²) in [6.45, 7) is 6.18. The highest BCUT2D eigenvalue weighted by Crippen LogP contribution is 2.52. The van der Waals surface area contributed by atoms with Gasteiger partial charge in [-0.3, -0.25) is 0 Å². The molecule has 2 aliphatic rings. The minimum atomic E-state index is -1.11. The van der Waals surface area contributed by atoms with Gasteiger partial charge < -0.3 is 15.2 Å². The Balaban J connectivity index is 1.72. The number of pyridine rings is 1. The number of amidine groups is 1. The van der Waals surface area contributed by atoms with Crippen LogP contribution in [0.2, 0.25) is 0 Å². The van der Waals surface area contributed by atoms with Crippen LogP contribution in [0.1, 0.15) is 37.5 Å². The van der Waals surface area contributed by atoms with Gasteiger partial charge in [0.15, 0.2) is 17.1 Å². The monoisotopic (exact) mass is 429 g/mol. The van der Waals surface area contributed by atoms with Crippen molar-refractivity contribution in [2.24, 2.45) is 16.1 Å². The zero-order valence-electron chi connectivity index (χ0n) is 17.8. The molecular formula is C24H20FN5O2. The van der Waals surface area contributed by atoms with Crippen LogP contribution in [0.3, 0.4) is 0 Å². The number of aliphatic imine (C=N–C) groups is 1. The lowest BCUT2D eigenvalue weighted by Gasteiger charge is -2.33. The Labute approximate surface area is 184 Å². The molecular weight excluding hydrogens is 409 g/mol. The van der Waals surface area contributed by atoms with Crippen LogP contribution in [0.15, 0.2) is 48.1 Å².